The molecular formula is C27H27N5O2. The molecule has 3 aromatic heterocycles. The Labute approximate surface area is 198 Å². The molecule has 2 atom stereocenters. The van der Waals surface area contributed by atoms with Gasteiger partial charge in [-0.3, -0.25) is 14.9 Å². The van der Waals surface area contributed by atoms with Crippen molar-refractivity contribution in [2.45, 2.75) is 51.1 Å². The smallest absolute Gasteiger partial charge is 0.259 e. The number of fused-ring (bicyclic) bond motifs is 3. The SMILES string of the molecule is Cc1ccc(Oc2ncccc2C(=O)N2[C@H]3CC[C@H]2CC(Cc2ccc4[nH]ncc4c2)C3)cn1. The quantitative estimate of drug-likeness (QED) is 0.456. The highest BCUT2D eigenvalue weighted by atomic mass is 16.5. The van der Waals surface area contributed by atoms with E-state index in [0.717, 1.165) is 48.7 Å². The van der Waals surface area contributed by atoms with Crippen molar-refractivity contribution in [2.24, 2.45) is 5.92 Å². The Hall–Kier alpha value is -3.74. The van der Waals surface area contributed by atoms with E-state index in [2.05, 4.69) is 43.3 Å². The molecule has 34 heavy (non-hydrogen) atoms. The Balaban J connectivity index is 1.18. The van der Waals surface area contributed by atoms with Gasteiger partial charge in [0.2, 0.25) is 5.88 Å². The highest BCUT2D eigenvalue weighted by molar-refractivity contribution is 5.97. The number of carbonyl (C=O) groups is 1. The maximum atomic E-state index is 13.7. The van der Waals surface area contributed by atoms with Gasteiger partial charge in [0.05, 0.1) is 17.9 Å². The molecule has 2 aliphatic rings. The van der Waals surface area contributed by atoms with Crippen molar-refractivity contribution in [3.8, 4) is 11.6 Å². The van der Waals surface area contributed by atoms with Crippen molar-refractivity contribution < 1.29 is 9.53 Å². The summed E-state index contributed by atoms with van der Waals surface area (Å²) in [5.41, 5.74) is 3.84. The first-order valence-corrected chi connectivity index (χ1v) is 11.9. The predicted octanol–water partition coefficient (Wildman–Crippen LogP) is 5.08. The van der Waals surface area contributed by atoms with E-state index >= 15 is 0 Å². The summed E-state index contributed by atoms with van der Waals surface area (Å²) in [5.74, 6) is 1.52. The maximum absolute atomic E-state index is 13.7. The van der Waals surface area contributed by atoms with Crippen LogP contribution < -0.4 is 4.74 Å². The number of amides is 1. The van der Waals surface area contributed by atoms with Crippen LogP contribution in [0, 0.1) is 12.8 Å². The Kier molecular flexibility index (Phi) is 5.24. The Bertz CT molecular complexity index is 1320. The third kappa shape index (κ3) is 3.91. The van der Waals surface area contributed by atoms with Gasteiger partial charge in [-0.1, -0.05) is 6.07 Å². The Morgan fingerprint density at radius 1 is 1.09 bits per heavy atom. The number of H-pyrrole nitrogens is 1. The second-order valence-corrected chi connectivity index (χ2v) is 9.52. The molecule has 1 N–H and O–H groups in total. The van der Waals surface area contributed by atoms with Gasteiger partial charge in [-0.25, -0.2) is 4.98 Å². The second kappa shape index (κ2) is 8.56. The second-order valence-electron chi connectivity index (χ2n) is 9.52. The number of benzene rings is 1. The number of nitrogens with zero attached hydrogens (tertiary/aromatic N) is 4. The number of ether oxygens (including phenoxy) is 1. The fourth-order valence-electron chi connectivity index (χ4n) is 5.64. The summed E-state index contributed by atoms with van der Waals surface area (Å²) in [4.78, 5) is 24.4. The van der Waals surface area contributed by atoms with Gasteiger partial charge in [0, 0.05) is 29.4 Å². The fraction of sp³-hybridized carbons (Fsp3) is 0.333. The minimum Gasteiger partial charge on any atom is -0.437 e. The molecular weight excluding hydrogens is 426 g/mol. The number of aromatic nitrogens is 4. The molecule has 6 rings (SSSR count). The summed E-state index contributed by atoms with van der Waals surface area (Å²) in [5, 5.41) is 8.30. The van der Waals surface area contributed by atoms with Crippen molar-refractivity contribution in [3.05, 3.63) is 77.9 Å². The van der Waals surface area contributed by atoms with Crippen LogP contribution in [0.1, 0.15) is 47.3 Å². The first-order chi connectivity index (χ1) is 16.6. The number of hydrogen-bond acceptors (Lipinski definition) is 5. The van der Waals surface area contributed by atoms with E-state index in [9.17, 15) is 4.79 Å². The predicted molar refractivity (Wildman–Crippen MR) is 129 cm³/mol. The van der Waals surface area contributed by atoms with E-state index in [1.807, 2.05) is 31.3 Å². The van der Waals surface area contributed by atoms with Gasteiger partial charge in [-0.05, 0) is 86.9 Å². The largest absolute Gasteiger partial charge is 0.437 e. The van der Waals surface area contributed by atoms with Crippen LogP contribution in [0.5, 0.6) is 11.6 Å². The minimum absolute atomic E-state index is 0.0222. The summed E-state index contributed by atoms with van der Waals surface area (Å²) >= 11 is 0. The molecule has 0 unspecified atom stereocenters. The van der Waals surface area contributed by atoms with Crippen molar-refractivity contribution in [2.75, 3.05) is 0 Å². The van der Waals surface area contributed by atoms with Gasteiger partial charge in [0.25, 0.3) is 5.91 Å². The Morgan fingerprint density at radius 3 is 2.74 bits per heavy atom. The monoisotopic (exact) mass is 453 g/mol. The Morgan fingerprint density at radius 2 is 1.94 bits per heavy atom. The third-order valence-electron chi connectivity index (χ3n) is 7.19. The van der Waals surface area contributed by atoms with Crippen LogP contribution in [0.4, 0.5) is 0 Å². The average molecular weight is 454 g/mol. The molecule has 0 aliphatic carbocycles. The van der Waals surface area contributed by atoms with Crippen molar-refractivity contribution >= 4 is 16.8 Å². The summed E-state index contributed by atoms with van der Waals surface area (Å²) in [6.07, 6.45) is 10.4. The summed E-state index contributed by atoms with van der Waals surface area (Å²) in [6, 6.07) is 14.4. The van der Waals surface area contributed by atoms with Crippen molar-refractivity contribution in [1.29, 1.82) is 0 Å². The molecule has 2 bridgehead atoms. The molecule has 2 fully saturated rings. The zero-order valence-corrected chi connectivity index (χ0v) is 19.1. The van der Waals surface area contributed by atoms with E-state index in [0.29, 0.717) is 23.1 Å². The summed E-state index contributed by atoms with van der Waals surface area (Å²) < 4.78 is 5.97. The number of carbonyl (C=O) groups excluding carboxylic acids is 1. The lowest BCUT2D eigenvalue weighted by atomic mass is 9.85. The number of piperidine rings is 1. The number of aryl methyl sites for hydroxylation is 1. The molecule has 0 spiro atoms. The lowest BCUT2D eigenvalue weighted by molar-refractivity contribution is 0.0521. The molecule has 4 aromatic rings. The minimum atomic E-state index is 0.0222. The van der Waals surface area contributed by atoms with Crippen LogP contribution in [0.15, 0.2) is 61.1 Å². The van der Waals surface area contributed by atoms with Crippen LogP contribution in [0.2, 0.25) is 0 Å². The van der Waals surface area contributed by atoms with Gasteiger partial charge < -0.3 is 9.64 Å². The number of nitrogens with one attached hydrogen (secondary N) is 1. The van der Waals surface area contributed by atoms with E-state index in [4.69, 9.17) is 4.74 Å². The van der Waals surface area contributed by atoms with Gasteiger partial charge in [0.15, 0.2) is 0 Å². The molecule has 0 saturated carbocycles. The molecule has 1 amide bonds. The number of aromatic amines is 1. The first-order valence-electron chi connectivity index (χ1n) is 11.9. The lowest BCUT2D eigenvalue weighted by Crippen LogP contribution is -2.47. The zero-order valence-electron chi connectivity index (χ0n) is 19.1. The van der Waals surface area contributed by atoms with Crippen LogP contribution in [0.3, 0.4) is 0 Å². The van der Waals surface area contributed by atoms with Gasteiger partial charge in [-0.15, -0.1) is 0 Å². The third-order valence-corrected chi connectivity index (χ3v) is 7.19. The normalized spacial score (nSPS) is 21.7. The number of rotatable bonds is 5. The molecule has 7 heteroatoms. The van der Waals surface area contributed by atoms with Crippen molar-refractivity contribution in [3.63, 3.8) is 0 Å². The highest BCUT2D eigenvalue weighted by Crippen LogP contribution is 2.41. The number of hydrogen-bond donors (Lipinski definition) is 1. The van der Waals surface area contributed by atoms with E-state index in [-0.39, 0.29) is 18.0 Å². The van der Waals surface area contributed by atoms with Crippen LogP contribution >= 0.6 is 0 Å². The first kappa shape index (κ1) is 20.8. The van der Waals surface area contributed by atoms with Crippen molar-refractivity contribution in [1.82, 2.24) is 25.1 Å². The van der Waals surface area contributed by atoms with Crippen LogP contribution in [0.25, 0.3) is 10.9 Å². The molecule has 2 aliphatic heterocycles. The molecule has 0 radical (unpaired) electrons. The number of pyridine rings is 2. The van der Waals surface area contributed by atoms with E-state index in [1.54, 1.807) is 18.5 Å². The van der Waals surface area contributed by atoms with Crippen LogP contribution in [-0.4, -0.2) is 43.1 Å². The van der Waals surface area contributed by atoms with E-state index in [1.165, 1.54) is 5.56 Å². The van der Waals surface area contributed by atoms with Gasteiger partial charge in [0.1, 0.15) is 11.3 Å². The highest BCUT2D eigenvalue weighted by Gasteiger charge is 2.44. The molecule has 1 aromatic carbocycles. The van der Waals surface area contributed by atoms with Gasteiger partial charge >= 0.3 is 0 Å². The summed E-state index contributed by atoms with van der Waals surface area (Å²) in [6.45, 7) is 1.93. The lowest BCUT2D eigenvalue weighted by Gasteiger charge is -2.39. The molecule has 172 valence electrons. The maximum Gasteiger partial charge on any atom is 0.259 e. The molecule has 5 heterocycles. The molecule has 2 saturated heterocycles. The topological polar surface area (TPSA) is 84.0 Å². The molecule has 7 nitrogen and oxygen atoms in total. The van der Waals surface area contributed by atoms with Gasteiger partial charge in [-0.2, -0.15) is 5.10 Å². The fourth-order valence-corrected chi connectivity index (χ4v) is 5.64. The average Bonchev–Trinajstić information content (AvgIpc) is 3.42. The zero-order chi connectivity index (χ0) is 23.1. The summed E-state index contributed by atoms with van der Waals surface area (Å²) in [7, 11) is 0. The standard InChI is InChI=1S/C27H27N5O2/c1-17-4-8-23(16-29-17)34-26-24(3-2-10-28-26)27(33)32-21-6-7-22(32)14-19(13-21)11-18-5-9-25-20(12-18)15-30-31-25/h2-5,8-10,12,15-16,19,21-22H,6-7,11,13-14H2,1H3,(H,30,31)/t21-,22-/m0/s1. The van der Waals surface area contributed by atoms with Crippen LogP contribution in [-0.2, 0) is 6.42 Å². The van der Waals surface area contributed by atoms with E-state index < -0.39 is 0 Å².